The Kier molecular flexibility index (Phi) is 5.45. The number of rotatable bonds is 3. The van der Waals surface area contributed by atoms with Gasteiger partial charge in [-0.25, -0.2) is 8.78 Å². The van der Waals surface area contributed by atoms with Crippen molar-refractivity contribution in [1.29, 1.82) is 0 Å². The van der Waals surface area contributed by atoms with Gasteiger partial charge < -0.3 is 0 Å². The molecule has 1 aromatic heterocycles. The summed E-state index contributed by atoms with van der Waals surface area (Å²) in [6.07, 6.45) is 3.67. The van der Waals surface area contributed by atoms with Crippen LogP contribution in [0.3, 0.4) is 0 Å². The molecule has 2 aromatic carbocycles. The lowest BCUT2D eigenvalue weighted by molar-refractivity contribution is 0.426. The molecule has 28 heavy (non-hydrogen) atoms. The van der Waals surface area contributed by atoms with Crippen LogP contribution < -0.4 is 0 Å². The van der Waals surface area contributed by atoms with Gasteiger partial charge in [-0.15, -0.1) is 11.3 Å². The van der Waals surface area contributed by atoms with Crippen LogP contribution in [0.25, 0.3) is 10.4 Å². The summed E-state index contributed by atoms with van der Waals surface area (Å²) in [6, 6.07) is 13.6. The SMILES string of the molecule is Fc1cc(-c2ccc(C3CCC3)s2)cc(F)c1C#Cc1ccc(N=C=S)cc1. The normalized spacial score (nSPS) is 13.2. The zero-order chi connectivity index (χ0) is 19.5. The van der Waals surface area contributed by atoms with Gasteiger partial charge in [-0.05, 0) is 85.1 Å². The molecule has 0 aliphatic heterocycles. The van der Waals surface area contributed by atoms with Crippen molar-refractivity contribution in [2.24, 2.45) is 4.99 Å². The average Bonchev–Trinajstić information content (AvgIpc) is 3.10. The lowest BCUT2D eigenvalue weighted by Crippen LogP contribution is -2.06. The third kappa shape index (κ3) is 3.95. The van der Waals surface area contributed by atoms with Crippen molar-refractivity contribution in [2.45, 2.75) is 25.2 Å². The van der Waals surface area contributed by atoms with Crippen molar-refractivity contribution in [3.8, 4) is 22.3 Å². The average molecular weight is 408 g/mol. The van der Waals surface area contributed by atoms with Gasteiger partial charge >= 0.3 is 0 Å². The van der Waals surface area contributed by atoms with E-state index in [1.807, 2.05) is 6.07 Å². The van der Waals surface area contributed by atoms with E-state index in [-0.39, 0.29) is 5.56 Å². The number of halogens is 2. The Balaban J connectivity index is 1.59. The largest absolute Gasteiger partial charge is 0.205 e. The molecule has 1 fully saturated rings. The van der Waals surface area contributed by atoms with Gasteiger partial charge in [0.1, 0.15) is 11.6 Å². The van der Waals surface area contributed by atoms with Gasteiger partial charge in [-0.3, -0.25) is 0 Å². The Morgan fingerprint density at radius 2 is 1.68 bits per heavy atom. The number of aliphatic imine (C=N–C) groups is 1. The second-order valence-corrected chi connectivity index (χ2v) is 7.94. The maximum absolute atomic E-state index is 14.5. The van der Waals surface area contributed by atoms with E-state index in [4.69, 9.17) is 0 Å². The summed E-state index contributed by atoms with van der Waals surface area (Å²) < 4.78 is 29.1. The Labute approximate surface area is 171 Å². The first-order valence-electron chi connectivity index (χ1n) is 8.93. The molecular weight excluding hydrogens is 392 g/mol. The van der Waals surface area contributed by atoms with Crippen LogP contribution in [0.5, 0.6) is 0 Å². The first kappa shape index (κ1) is 18.7. The van der Waals surface area contributed by atoms with Crippen molar-refractivity contribution in [1.82, 2.24) is 0 Å². The molecule has 3 aromatic rings. The highest BCUT2D eigenvalue weighted by Gasteiger charge is 2.21. The number of benzene rings is 2. The summed E-state index contributed by atoms with van der Waals surface area (Å²) in [5.74, 6) is 4.71. The summed E-state index contributed by atoms with van der Waals surface area (Å²) in [5.41, 5.74) is 1.62. The number of nitrogens with zero attached hydrogens (tertiary/aromatic N) is 1. The molecule has 1 nitrogen and oxygen atoms in total. The number of thiocarbonyl (C=S) groups is 1. The highest BCUT2D eigenvalue weighted by atomic mass is 32.1. The minimum atomic E-state index is -0.650. The topological polar surface area (TPSA) is 12.4 Å². The minimum absolute atomic E-state index is 0.222. The van der Waals surface area contributed by atoms with Crippen molar-refractivity contribution >= 4 is 34.4 Å². The molecule has 0 amide bonds. The van der Waals surface area contributed by atoms with E-state index in [9.17, 15) is 8.78 Å². The van der Waals surface area contributed by atoms with Crippen LogP contribution in [-0.4, -0.2) is 5.16 Å². The van der Waals surface area contributed by atoms with E-state index < -0.39 is 11.6 Å². The second-order valence-electron chi connectivity index (χ2n) is 6.64. The quantitative estimate of drug-likeness (QED) is 0.256. The maximum Gasteiger partial charge on any atom is 0.142 e. The fourth-order valence-electron chi connectivity index (χ4n) is 3.06. The summed E-state index contributed by atoms with van der Waals surface area (Å²) in [4.78, 5) is 6.03. The van der Waals surface area contributed by atoms with E-state index >= 15 is 0 Å². The van der Waals surface area contributed by atoms with Crippen LogP contribution in [0.2, 0.25) is 0 Å². The van der Waals surface area contributed by atoms with Crippen LogP contribution in [0.4, 0.5) is 14.5 Å². The summed E-state index contributed by atoms with van der Waals surface area (Å²) in [6.45, 7) is 0. The third-order valence-corrected chi connectivity index (χ3v) is 6.22. The first-order valence-corrected chi connectivity index (χ1v) is 10.2. The van der Waals surface area contributed by atoms with Crippen LogP contribution in [0.15, 0.2) is 53.5 Å². The molecule has 1 heterocycles. The standard InChI is InChI=1S/C23H15F2NS2/c24-20-12-17(23-11-10-22(28-23)16-2-1-3-16)13-21(25)19(20)9-6-15-4-7-18(8-5-15)26-14-27/h4-5,7-8,10-13,16H,1-3H2. The molecule has 138 valence electrons. The Morgan fingerprint density at radius 3 is 2.29 bits per heavy atom. The summed E-state index contributed by atoms with van der Waals surface area (Å²) in [5, 5.41) is 2.28. The van der Waals surface area contributed by atoms with E-state index in [0.717, 1.165) is 4.88 Å². The Hall–Kier alpha value is -2.64. The monoisotopic (exact) mass is 407 g/mol. The van der Waals surface area contributed by atoms with Gasteiger partial charge in [-0.1, -0.05) is 18.3 Å². The lowest BCUT2D eigenvalue weighted by Gasteiger charge is -2.23. The predicted molar refractivity (Wildman–Crippen MR) is 113 cm³/mol. The molecule has 0 unspecified atom stereocenters. The number of thiophene rings is 1. The Morgan fingerprint density at radius 1 is 0.964 bits per heavy atom. The van der Waals surface area contributed by atoms with E-state index in [1.54, 1.807) is 35.6 Å². The van der Waals surface area contributed by atoms with Crippen LogP contribution in [-0.2, 0) is 0 Å². The van der Waals surface area contributed by atoms with E-state index in [1.165, 1.54) is 36.3 Å². The molecule has 5 heteroatoms. The summed E-state index contributed by atoms with van der Waals surface area (Å²) >= 11 is 6.17. The predicted octanol–water partition coefficient (Wildman–Crippen LogP) is 7.09. The van der Waals surface area contributed by atoms with Crippen LogP contribution >= 0.6 is 23.6 Å². The smallest absolute Gasteiger partial charge is 0.142 e. The second kappa shape index (κ2) is 8.16. The third-order valence-electron chi connectivity index (χ3n) is 4.83. The van der Waals surface area contributed by atoms with Gasteiger partial charge in [0.05, 0.1) is 16.4 Å². The van der Waals surface area contributed by atoms with Gasteiger partial charge in [-0.2, -0.15) is 4.99 Å². The number of hydrogen-bond donors (Lipinski definition) is 0. The van der Waals surface area contributed by atoms with Gasteiger partial charge in [0, 0.05) is 15.3 Å². The molecule has 1 aliphatic rings. The molecule has 0 saturated heterocycles. The number of hydrogen-bond acceptors (Lipinski definition) is 3. The van der Waals surface area contributed by atoms with Crippen molar-refractivity contribution in [3.63, 3.8) is 0 Å². The Bertz CT molecular complexity index is 1100. The minimum Gasteiger partial charge on any atom is -0.205 e. The van der Waals surface area contributed by atoms with Gasteiger partial charge in [0.25, 0.3) is 0 Å². The van der Waals surface area contributed by atoms with Gasteiger partial charge in [0.15, 0.2) is 0 Å². The van der Waals surface area contributed by atoms with E-state index in [2.05, 4.69) is 40.3 Å². The van der Waals surface area contributed by atoms with Crippen LogP contribution in [0.1, 0.15) is 41.2 Å². The number of isothiocyanates is 1. The molecule has 0 spiro atoms. The molecule has 1 saturated carbocycles. The van der Waals surface area contributed by atoms with Crippen molar-refractivity contribution < 1.29 is 8.78 Å². The molecule has 0 atom stereocenters. The molecule has 1 aliphatic carbocycles. The fourth-order valence-corrected chi connectivity index (χ4v) is 4.33. The fraction of sp³-hybridized carbons (Fsp3) is 0.174. The van der Waals surface area contributed by atoms with Crippen molar-refractivity contribution in [3.05, 3.63) is 76.2 Å². The zero-order valence-corrected chi connectivity index (χ0v) is 16.5. The molecular formula is C23H15F2NS2. The maximum atomic E-state index is 14.5. The van der Waals surface area contributed by atoms with Crippen LogP contribution in [0, 0.1) is 23.5 Å². The van der Waals surface area contributed by atoms with Crippen molar-refractivity contribution in [2.75, 3.05) is 0 Å². The molecule has 0 bridgehead atoms. The molecule has 0 N–H and O–H groups in total. The van der Waals surface area contributed by atoms with Gasteiger partial charge in [0.2, 0.25) is 0 Å². The lowest BCUT2D eigenvalue weighted by atomic mass is 9.84. The summed E-state index contributed by atoms with van der Waals surface area (Å²) in [7, 11) is 0. The first-order chi connectivity index (χ1) is 13.6. The zero-order valence-electron chi connectivity index (χ0n) is 14.8. The highest BCUT2D eigenvalue weighted by molar-refractivity contribution is 7.78. The van der Waals surface area contributed by atoms with E-state index in [0.29, 0.717) is 22.7 Å². The highest BCUT2D eigenvalue weighted by Crippen LogP contribution is 2.42. The molecule has 4 rings (SSSR count). The molecule has 0 radical (unpaired) electrons.